The summed E-state index contributed by atoms with van der Waals surface area (Å²) in [5.74, 6) is 0.0498. The number of nitrogens with zero attached hydrogens (tertiary/aromatic N) is 4. The third-order valence-electron chi connectivity index (χ3n) is 14.2. The lowest BCUT2D eigenvalue weighted by Gasteiger charge is -2.39. The van der Waals surface area contributed by atoms with Crippen LogP contribution in [0.25, 0.3) is 5.57 Å². The van der Waals surface area contributed by atoms with E-state index in [1.165, 1.54) is 22.8 Å². The number of halogens is 1. The van der Waals surface area contributed by atoms with Crippen molar-refractivity contribution in [3.63, 3.8) is 0 Å². The molecule has 448 valence electrons. The summed E-state index contributed by atoms with van der Waals surface area (Å²) in [7, 11) is -6.02. The van der Waals surface area contributed by atoms with Crippen molar-refractivity contribution < 1.29 is 59.9 Å². The molecule has 19 nitrogen and oxygen atoms in total. The van der Waals surface area contributed by atoms with Gasteiger partial charge in [0.15, 0.2) is 11.0 Å². The molecule has 2 aliphatic heterocycles. The molecule has 2 saturated heterocycles. The summed E-state index contributed by atoms with van der Waals surface area (Å²) >= 11 is 5.15. The minimum absolute atomic E-state index is 0.0801. The molecular weight excluding hydrogens is 1150 g/mol. The number of rotatable bonds is 27. The highest BCUT2D eigenvalue weighted by atomic mass is 35.5. The Balaban J connectivity index is 0.906. The van der Waals surface area contributed by atoms with Crippen molar-refractivity contribution in [2.75, 3.05) is 108 Å². The molecule has 4 aromatic rings. The zero-order valence-electron chi connectivity index (χ0n) is 47.6. The van der Waals surface area contributed by atoms with Crippen molar-refractivity contribution in [3.8, 4) is 0 Å². The fourth-order valence-electron chi connectivity index (χ4n) is 9.80. The molecule has 2 heterocycles. The van der Waals surface area contributed by atoms with Gasteiger partial charge >= 0.3 is 19.9 Å². The summed E-state index contributed by atoms with van der Waals surface area (Å²) in [6, 6.07) is 29.6. The van der Waals surface area contributed by atoms with Crippen LogP contribution >= 0.6 is 31.0 Å². The van der Waals surface area contributed by atoms with Crippen LogP contribution in [0.15, 0.2) is 117 Å². The maximum Gasteiger partial charge on any atom is 0.510 e. The molecule has 4 aromatic carbocycles. The molecule has 1 aliphatic carbocycles. The van der Waals surface area contributed by atoms with Crippen molar-refractivity contribution in [2.45, 2.75) is 100 Å². The lowest BCUT2D eigenvalue weighted by Crippen LogP contribution is -2.48. The van der Waals surface area contributed by atoms with Crippen LogP contribution in [0.3, 0.4) is 0 Å². The van der Waals surface area contributed by atoms with Gasteiger partial charge in [0.1, 0.15) is 0 Å². The first-order valence-electron chi connectivity index (χ1n) is 27.6. The molecule has 7 rings (SSSR count). The Morgan fingerprint density at radius 1 is 0.768 bits per heavy atom. The number of hydrogen-bond donors (Lipinski definition) is 2. The van der Waals surface area contributed by atoms with E-state index < -0.39 is 73.7 Å². The lowest BCUT2D eigenvalue weighted by atomic mass is 9.73. The van der Waals surface area contributed by atoms with Gasteiger partial charge in [-0.25, -0.2) is 13.8 Å². The van der Waals surface area contributed by atoms with E-state index in [2.05, 4.69) is 55.6 Å². The summed E-state index contributed by atoms with van der Waals surface area (Å²) in [6.45, 7) is 17.9. The zero-order chi connectivity index (χ0) is 58.8. The quantitative estimate of drug-likeness (QED) is 0.0186. The van der Waals surface area contributed by atoms with Crippen LogP contribution in [-0.2, 0) is 54.6 Å². The van der Waals surface area contributed by atoms with Crippen LogP contribution < -0.4 is 14.9 Å². The maximum absolute atomic E-state index is 13.7. The molecule has 0 bridgehead atoms. The topological polar surface area (TPSA) is 218 Å². The van der Waals surface area contributed by atoms with Crippen molar-refractivity contribution in [1.29, 1.82) is 0 Å². The number of hydrogen-bond acceptors (Lipinski definition) is 19. The summed E-state index contributed by atoms with van der Waals surface area (Å²) < 4.78 is 86.1. The normalized spacial score (nSPS) is 17.5. The minimum Gasteiger partial charge on any atom is -0.768 e. The van der Waals surface area contributed by atoms with Crippen LogP contribution in [0.4, 0.5) is 21.0 Å². The molecule has 0 saturated carbocycles. The van der Waals surface area contributed by atoms with E-state index in [4.69, 9.17) is 39.6 Å². The van der Waals surface area contributed by atoms with E-state index in [1.54, 1.807) is 63.7 Å². The third kappa shape index (κ3) is 20.7. The molecule has 82 heavy (non-hydrogen) atoms. The number of carbonyl (C=O) groups is 3. The van der Waals surface area contributed by atoms with E-state index in [1.807, 2.05) is 54.6 Å². The van der Waals surface area contributed by atoms with Gasteiger partial charge in [-0.1, -0.05) is 61.4 Å². The predicted octanol–water partition coefficient (Wildman–Crippen LogP) is 10.7. The molecular formula is C58H77ClN6O13PS3-. The SMILES string of the molecule is CC(C)OC(=O)OCOP(=O)(CCN1CCN(CC[C@H](CSc2ccccc2)Nc2ccc(S(=O)NC(=O)c3ccc(N4CCN(CC5=C(c6ccc(Cl)cc6)CCC(C)(C)C5)CC4)cc3)cc2S(=O)[O-])CC1)OCOC(=O)OC(C)C. The highest BCUT2D eigenvalue weighted by molar-refractivity contribution is 7.99. The van der Waals surface area contributed by atoms with Crippen molar-refractivity contribution in [3.05, 3.63) is 119 Å². The number of piperazine rings is 2. The largest absolute Gasteiger partial charge is 0.768 e. The van der Waals surface area contributed by atoms with Gasteiger partial charge in [-0.05, 0) is 148 Å². The predicted molar refractivity (Wildman–Crippen MR) is 320 cm³/mol. The Labute approximate surface area is 496 Å². The van der Waals surface area contributed by atoms with Gasteiger partial charge in [0, 0.05) is 116 Å². The molecule has 0 radical (unpaired) electrons. The molecule has 0 aromatic heterocycles. The number of benzene rings is 4. The van der Waals surface area contributed by atoms with Crippen molar-refractivity contribution >= 4 is 88.2 Å². The Morgan fingerprint density at radius 2 is 1.37 bits per heavy atom. The Kier molecular flexibility index (Phi) is 24.7. The molecule has 2 fully saturated rings. The Bertz CT molecular complexity index is 2840. The van der Waals surface area contributed by atoms with E-state index >= 15 is 0 Å². The van der Waals surface area contributed by atoms with Gasteiger partial charge in [0.25, 0.3) is 5.91 Å². The number of carbonyl (C=O) groups excluding carboxylic acids is 3. The van der Waals surface area contributed by atoms with Crippen LogP contribution in [0.1, 0.15) is 83.1 Å². The fourth-order valence-corrected chi connectivity index (χ4v) is 13.6. The van der Waals surface area contributed by atoms with Gasteiger partial charge in [0.2, 0.25) is 13.6 Å². The molecule has 3 aliphatic rings. The molecule has 24 heteroatoms. The maximum atomic E-state index is 13.7. The molecule has 3 atom stereocenters. The first-order valence-corrected chi connectivity index (χ1v) is 33.0. The van der Waals surface area contributed by atoms with E-state index in [9.17, 15) is 31.9 Å². The van der Waals surface area contributed by atoms with Crippen molar-refractivity contribution in [1.82, 2.24) is 19.4 Å². The van der Waals surface area contributed by atoms with E-state index in [0.717, 1.165) is 67.6 Å². The van der Waals surface area contributed by atoms with Crippen molar-refractivity contribution in [2.24, 2.45) is 5.41 Å². The monoisotopic (exact) mass is 1230 g/mol. The number of thioether (sulfide) groups is 1. The summed E-state index contributed by atoms with van der Waals surface area (Å²) in [5, 5.41) is 4.20. The standard InChI is InChI=1S/C58H78ClN6O13PS3/c1-42(2)77-56(67)73-40-75-79(69,76-41-74-57(68)78-43(3)4)35-34-63-28-26-62(27-29-63)25-23-48(39-80-50-10-8-7-9-11-50)60-53-21-20-51(36-54(53)82(71)72)81(70)61-55(66)45-14-18-49(19-15-45)65-32-30-64(31-33-65)38-46-37-58(5,6)24-22-52(46)44-12-16-47(59)17-13-44/h7-21,36,42-43,48,60H,22-35,37-41H2,1-6H3,(H,61,66)(H,71,72)/p-1/t48-,81?/m1/s1. The fraction of sp³-hybridized carbons (Fsp3) is 0.500. The number of anilines is 2. The van der Waals surface area contributed by atoms with Gasteiger partial charge in [0.05, 0.1) is 23.3 Å². The second kappa shape index (κ2) is 31.3. The first kappa shape index (κ1) is 64.7. The summed E-state index contributed by atoms with van der Waals surface area (Å²) in [4.78, 5) is 47.6. The molecule has 1 amide bonds. The van der Waals surface area contributed by atoms with Crippen LogP contribution in [0.5, 0.6) is 0 Å². The van der Waals surface area contributed by atoms with E-state index in [0.29, 0.717) is 62.7 Å². The van der Waals surface area contributed by atoms with Gasteiger partial charge in [-0.15, -0.1) is 11.8 Å². The summed E-state index contributed by atoms with van der Waals surface area (Å²) in [6.07, 6.45) is 0.930. The van der Waals surface area contributed by atoms with Crippen LogP contribution in [0, 0.1) is 5.41 Å². The second-order valence-electron chi connectivity index (χ2n) is 21.7. The molecule has 2 unspecified atom stereocenters. The minimum atomic E-state index is -3.95. The molecule has 0 spiro atoms. The number of amides is 1. The average molecular weight is 1230 g/mol. The third-order valence-corrected chi connectivity index (χ3v) is 19.1. The average Bonchev–Trinajstić information content (AvgIpc) is 3.65. The van der Waals surface area contributed by atoms with Gasteiger partial charge in [-0.3, -0.25) is 32.2 Å². The van der Waals surface area contributed by atoms with Gasteiger partial charge in [-0.2, -0.15) is 0 Å². The highest BCUT2D eigenvalue weighted by Crippen LogP contribution is 2.48. The van der Waals surface area contributed by atoms with Crippen LogP contribution in [-0.4, -0.2) is 162 Å². The zero-order valence-corrected chi connectivity index (χ0v) is 51.7. The number of ether oxygens (including phenoxy) is 4. The number of allylic oxidation sites excluding steroid dienone is 1. The van der Waals surface area contributed by atoms with E-state index in [-0.39, 0.29) is 27.4 Å². The molecule has 2 N–H and O–H groups in total. The van der Waals surface area contributed by atoms with Crippen LogP contribution in [0.2, 0.25) is 5.02 Å². The number of nitrogens with one attached hydrogen (secondary N) is 2. The summed E-state index contributed by atoms with van der Waals surface area (Å²) in [5.41, 5.74) is 6.12. The second-order valence-corrected chi connectivity index (χ2v) is 27.6. The van der Waals surface area contributed by atoms with Gasteiger partial charge < -0.3 is 43.5 Å². The lowest BCUT2D eigenvalue weighted by molar-refractivity contribution is -0.0305. The Hall–Kier alpha value is -4.84. The smallest absolute Gasteiger partial charge is 0.510 e. The Morgan fingerprint density at radius 3 is 1.96 bits per heavy atom. The first-order chi connectivity index (χ1) is 39.2. The highest BCUT2D eigenvalue weighted by Gasteiger charge is 2.31.